The molecule has 0 aromatic heterocycles. The number of benzene rings is 1. The molecule has 1 aliphatic rings. The Kier molecular flexibility index (Phi) is 9.66. The summed E-state index contributed by atoms with van der Waals surface area (Å²) in [5, 5.41) is 9.86. The molecule has 1 fully saturated rings. The van der Waals surface area contributed by atoms with E-state index in [1.54, 1.807) is 6.07 Å². The molecule has 6 nitrogen and oxygen atoms in total. The third-order valence-electron chi connectivity index (χ3n) is 6.44. The van der Waals surface area contributed by atoms with Gasteiger partial charge in [0.25, 0.3) is 0 Å². The molecule has 0 amide bonds. The summed E-state index contributed by atoms with van der Waals surface area (Å²) < 4.78 is 17.0. The summed E-state index contributed by atoms with van der Waals surface area (Å²) in [6.07, 6.45) is 8.49. The number of hydrogen-bond donors (Lipinski definition) is 1. The molecule has 0 bridgehead atoms. The van der Waals surface area contributed by atoms with Gasteiger partial charge in [-0.2, -0.15) is 0 Å². The zero-order valence-electron chi connectivity index (χ0n) is 19.4. The second kappa shape index (κ2) is 12.0. The number of rotatable bonds is 12. The number of carbonyl (C=O) groups excluding carboxylic acids is 2. The Bertz CT molecular complexity index is 723. The van der Waals surface area contributed by atoms with Gasteiger partial charge in [0.15, 0.2) is 11.5 Å². The topological polar surface area (TPSA) is 82.1 Å². The Morgan fingerprint density at radius 3 is 2.19 bits per heavy atom. The Morgan fingerprint density at radius 2 is 1.65 bits per heavy atom. The summed E-state index contributed by atoms with van der Waals surface area (Å²) in [5.74, 6) is -0.0670. The van der Waals surface area contributed by atoms with Crippen LogP contribution in [0.15, 0.2) is 18.2 Å². The number of methoxy groups -OCH3 is 1. The predicted octanol–water partition coefficient (Wildman–Crippen LogP) is 5.34. The van der Waals surface area contributed by atoms with Crippen LogP contribution in [0.1, 0.15) is 84.1 Å². The first kappa shape index (κ1) is 25.0. The molecule has 174 valence electrons. The van der Waals surface area contributed by atoms with Gasteiger partial charge in [-0.3, -0.25) is 9.59 Å². The van der Waals surface area contributed by atoms with E-state index in [4.69, 9.17) is 14.2 Å². The van der Waals surface area contributed by atoms with Gasteiger partial charge >= 0.3 is 11.9 Å². The maximum atomic E-state index is 12.0. The van der Waals surface area contributed by atoms with E-state index < -0.39 is 0 Å². The van der Waals surface area contributed by atoms with Crippen molar-refractivity contribution in [2.24, 2.45) is 5.41 Å². The van der Waals surface area contributed by atoms with Crippen molar-refractivity contribution in [3.63, 3.8) is 0 Å². The lowest BCUT2D eigenvalue weighted by Crippen LogP contribution is -2.47. The fraction of sp³-hybridized carbons (Fsp3) is 0.680. The van der Waals surface area contributed by atoms with Crippen molar-refractivity contribution in [2.75, 3.05) is 7.11 Å². The van der Waals surface area contributed by atoms with Crippen molar-refractivity contribution in [2.45, 2.75) is 97.2 Å². The third-order valence-corrected chi connectivity index (χ3v) is 6.44. The highest BCUT2D eigenvalue weighted by atomic mass is 16.6. The predicted molar refractivity (Wildman–Crippen MR) is 119 cm³/mol. The third kappa shape index (κ3) is 6.88. The van der Waals surface area contributed by atoms with E-state index in [0.717, 1.165) is 56.9 Å². The highest BCUT2D eigenvalue weighted by Gasteiger charge is 2.50. The van der Waals surface area contributed by atoms with Gasteiger partial charge in [0.2, 0.25) is 0 Å². The number of ether oxygens (including phenoxy) is 3. The fourth-order valence-corrected chi connectivity index (χ4v) is 4.97. The Labute approximate surface area is 186 Å². The molecule has 1 aliphatic carbocycles. The average Bonchev–Trinajstić information content (AvgIpc) is 3.22. The van der Waals surface area contributed by atoms with Crippen LogP contribution in [0.3, 0.4) is 0 Å². The molecule has 2 unspecified atom stereocenters. The molecule has 6 heteroatoms. The monoisotopic (exact) mass is 434 g/mol. The largest absolute Gasteiger partial charge is 0.504 e. The molecule has 31 heavy (non-hydrogen) atoms. The first-order valence-electron chi connectivity index (χ1n) is 11.5. The molecule has 0 radical (unpaired) electrons. The highest BCUT2D eigenvalue weighted by molar-refractivity contribution is 5.67. The normalized spacial score (nSPS) is 17.0. The lowest BCUT2D eigenvalue weighted by Gasteiger charge is -2.42. The zero-order valence-corrected chi connectivity index (χ0v) is 19.4. The molecule has 1 N–H and O–H groups in total. The van der Waals surface area contributed by atoms with Crippen LogP contribution < -0.4 is 4.74 Å². The van der Waals surface area contributed by atoms with E-state index in [9.17, 15) is 14.7 Å². The minimum Gasteiger partial charge on any atom is -0.504 e. The molecule has 0 spiro atoms. The Balaban J connectivity index is 2.28. The molecule has 2 atom stereocenters. The number of unbranched alkanes of at least 4 members (excludes halogenated alkanes) is 2. The Morgan fingerprint density at radius 1 is 1.03 bits per heavy atom. The second-order valence-electron chi connectivity index (χ2n) is 8.68. The maximum absolute atomic E-state index is 12.0. The first-order chi connectivity index (χ1) is 14.8. The van der Waals surface area contributed by atoms with Crippen LogP contribution in [0.25, 0.3) is 0 Å². The average molecular weight is 435 g/mol. The van der Waals surface area contributed by atoms with E-state index in [1.807, 2.05) is 12.1 Å². The molecule has 0 aliphatic heterocycles. The van der Waals surface area contributed by atoms with E-state index in [-0.39, 0.29) is 35.3 Å². The van der Waals surface area contributed by atoms with Crippen molar-refractivity contribution in [3.8, 4) is 11.5 Å². The van der Waals surface area contributed by atoms with Crippen LogP contribution in [-0.4, -0.2) is 36.4 Å². The van der Waals surface area contributed by atoms with Crippen LogP contribution in [0.2, 0.25) is 0 Å². The summed E-state index contributed by atoms with van der Waals surface area (Å²) in [7, 11) is 1.52. The van der Waals surface area contributed by atoms with E-state index in [0.29, 0.717) is 18.6 Å². The number of aryl methyl sites for hydroxylation is 1. The van der Waals surface area contributed by atoms with E-state index in [2.05, 4.69) is 6.92 Å². The van der Waals surface area contributed by atoms with Gasteiger partial charge in [-0.25, -0.2) is 0 Å². The van der Waals surface area contributed by atoms with Crippen molar-refractivity contribution in [1.82, 2.24) is 0 Å². The van der Waals surface area contributed by atoms with Gasteiger partial charge in [-0.1, -0.05) is 38.7 Å². The Hall–Kier alpha value is -2.24. The van der Waals surface area contributed by atoms with Gasteiger partial charge in [0, 0.05) is 19.3 Å². The second-order valence-corrected chi connectivity index (χ2v) is 8.68. The molecule has 1 aromatic carbocycles. The van der Waals surface area contributed by atoms with Crippen molar-refractivity contribution in [3.05, 3.63) is 23.8 Å². The smallest absolute Gasteiger partial charge is 0.302 e. The zero-order chi connectivity index (χ0) is 22.9. The highest BCUT2D eigenvalue weighted by Crippen LogP contribution is 2.49. The minimum absolute atomic E-state index is 0.0981. The number of carbonyl (C=O) groups is 2. The van der Waals surface area contributed by atoms with Gasteiger partial charge in [-0.15, -0.1) is 0 Å². The molecule has 1 aromatic rings. The molecule has 0 heterocycles. The minimum atomic E-state index is -0.355. The summed E-state index contributed by atoms with van der Waals surface area (Å²) in [4.78, 5) is 24.0. The maximum Gasteiger partial charge on any atom is 0.302 e. The molecular weight excluding hydrogens is 396 g/mol. The first-order valence-corrected chi connectivity index (χ1v) is 11.5. The van der Waals surface area contributed by atoms with Crippen LogP contribution >= 0.6 is 0 Å². The summed E-state index contributed by atoms with van der Waals surface area (Å²) in [6, 6.07) is 5.29. The van der Waals surface area contributed by atoms with Gasteiger partial charge in [-0.05, 0) is 56.2 Å². The van der Waals surface area contributed by atoms with Crippen molar-refractivity contribution in [1.29, 1.82) is 0 Å². The van der Waals surface area contributed by atoms with Gasteiger partial charge in [0.05, 0.1) is 7.11 Å². The van der Waals surface area contributed by atoms with E-state index in [1.165, 1.54) is 21.0 Å². The lowest BCUT2D eigenvalue weighted by atomic mass is 9.71. The number of aromatic hydroxyl groups is 1. The van der Waals surface area contributed by atoms with Gasteiger partial charge in [0.1, 0.15) is 12.2 Å². The standard InChI is InChI=1S/C25H38O6/c1-5-6-7-10-23(30-18(2)26)25(15-8-9-16-25)24(31-19(3)27)14-12-20-11-13-21(28)22(17-20)29-4/h11,13,17,23-24,28H,5-10,12,14-16H2,1-4H3. The number of phenols is 1. The SMILES string of the molecule is CCCCCC(OC(C)=O)C1(C(CCc2ccc(O)c(OC)c2)OC(C)=O)CCCC1. The molecule has 0 saturated heterocycles. The molecular formula is C25H38O6. The molecule has 1 saturated carbocycles. The van der Waals surface area contributed by atoms with Crippen LogP contribution in [0, 0.1) is 5.41 Å². The fourth-order valence-electron chi connectivity index (χ4n) is 4.97. The number of phenolic OH excluding ortho intramolecular Hbond substituents is 1. The summed E-state index contributed by atoms with van der Waals surface area (Å²) in [5.41, 5.74) is 0.640. The van der Waals surface area contributed by atoms with E-state index >= 15 is 0 Å². The van der Waals surface area contributed by atoms with Crippen LogP contribution in [-0.2, 0) is 25.5 Å². The van der Waals surface area contributed by atoms with Crippen LogP contribution in [0.4, 0.5) is 0 Å². The number of hydrogen-bond acceptors (Lipinski definition) is 6. The summed E-state index contributed by atoms with van der Waals surface area (Å²) >= 11 is 0. The lowest BCUT2D eigenvalue weighted by molar-refractivity contribution is -0.174. The van der Waals surface area contributed by atoms with Crippen molar-refractivity contribution < 1.29 is 28.9 Å². The van der Waals surface area contributed by atoms with Gasteiger partial charge < -0.3 is 19.3 Å². The van der Waals surface area contributed by atoms with Crippen LogP contribution in [0.5, 0.6) is 11.5 Å². The summed E-state index contributed by atoms with van der Waals surface area (Å²) in [6.45, 7) is 5.05. The molecule has 2 rings (SSSR count). The number of esters is 2. The van der Waals surface area contributed by atoms with Crippen molar-refractivity contribution >= 4 is 11.9 Å². The quantitative estimate of drug-likeness (QED) is 0.353.